The molecule has 0 heterocycles. The number of aliphatic carboxylic acids is 1. The van der Waals surface area contributed by atoms with E-state index in [2.05, 4.69) is 5.32 Å². The first-order valence-electron chi connectivity index (χ1n) is 5.91. The largest absolute Gasteiger partial charge is 0.480 e. The van der Waals surface area contributed by atoms with Crippen molar-refractivity contribution in [3.63, 3.8) is 0 Å². The number of amides is 2. The van der Waals surface area contributed by atoms with E-state index in [9.17, 15) is 14.4 Å². The highest BCUT2D eigenvalue weighted by Crippen LogP contribution is 2.06. The van der Waals surface area contributed by atoms with Gasteiger partial charge in [-0.3, -0.25) is 9.59 Å². The van der Waals surface area contributed by atoms with Gasteiger partial charge in [0.15, 0.2) is 0 Å². The van der Waals surface area contributed by atoms with E-state index in [1.54, 1.807) is 0 Å². The van der Waals surface area contributed by atoms with Crippen LogP contribution in [0.1, 0.15) is 32.6 Å². The summed E-state index contributed by atoms with van der Waals surface area (Å²) in [6.45, 7) is 2.29. The maximum absolute atomic E-state index is 11.6. The van der Waals surface area contributed by atoms with Gasteiger partial charge in [-0.15, -0.1) is 0 Å². The number of carboxylic acid groups (broad SMARTS) is 1. The molecule has 2 atom stereocenters. The summed E-state index contributed by atoms with van der Waals surface area (Å²) in [6, 6.07) is -1.08. The van der Waals surface area contributed by atoms with Gasteiger partial charge in [-0.25, -0.2) is 4.79 Å². The van der Waals surface area contributed by atoms with E-state index in [0.29, 0.717) is 6.54 Å². The summed E-state index contributed by atoms with van der Waals surface area (Å²) in [5.74, 6) is -2.10. The number of rotatable bonds is 9. The molecule has 0 saturated carbocycles. The third kappa shape index (κ3) is 6.85. The van der Waals surface area contributed by atoms with Crippen molar-refractivity contribution in [2.45, 2.75) is 38.6 Å². The van der Waals surface area contributed by atoms with Crippen LogP contribution < -0.4 is 16.8 Å². The predicted molar refractivity (Wildman–Crippen MR) is 65.4 cm³/mol. The Hall–Kier alpha value is -1.63. The van der Waals surface area contributed by atoms with E-state index in [4.69, 9.17) is 16.6 Å². The maximum Gasteiger partial charge on any atom is 0.326 e. The average Bonchev–Trinajstić information content (AvgIpc) is 2.30. The molecule has 0 bridgehead atoms. The van der Waals surface area contributed by atoms with Crippen LogP contribution in [0.5, 0.6) is 0 Å². The first-order valence-corrected chi connectivity index (χ1v) is 5.91. The predicted octanol–water partition coefficient (Wildman–Crippen LogP) is -0.804. The van der Waals surface area contributed by atoms with Gasteiger partial charge in [0.2, 0.25) is 11.8 Å². The van der Waals surface area contributed by atoms with Crippen LogP contribution in [0.2, 0.25) is 0 Å². The zero-order valence-electron chi connectivity index (χ0n) is 10.5. The minimum Gasteiger partial charge on any atom is -0.480 e. The minimum absolute atomic E-state index is 0.00414. The van der Waals surface area contributed by atoms with Crippen LogP contribution in [0.15, 0.2) is 0 Å². The monoisotopic (exact) mass is 259 g/mol. The number of nitrogens with one attached hydrogen (secondary N) is 1. The summed E-state index contributed by atoms with van der Waals surface area (Å²) in [5, 5.41) is 11.3. The van der Waals surface area contributed by atoms with Crippen molar-refractivity contribution < 1.29 is 19.5 Å². The lowest BCUT2D eigenvalue weighted by atomic mass is 10.0. The highest BCUT2D eigenvalue weighted by molar-refractivity contribution is 5.84. The summed E-state index contributed by atoms with van der Waals surface area (Å²) in [7, 11) is 0. The lowest BCUT2D eigenvalue weighted by Gasteiger charge is -2.16. The summed E-state index contributed by atoms with van der Waals surface area (Å²) >= 11 is 0. The van der Waals surface area contributed by atoms with Crippen LogP contribution in [-0.4, -0.2) is 35.5 Å². The fraction of sp³-hybridized carbons (Fsp3) is 0.727. The Balaban J connectivity index is 4.27. The zero-order chi connectivity index (χ0) is 14.1. The minimum atomic E-state index is -1.18. The Morgan fingerprint density at radius 3 is 2.33 bits per heavy atom. The second kappa shape index (κ2) is 8.46. The molecule has 0 aliphatic rings. The Kier molecular flexibility index (Phi) is 7.69. The molecule has 0 saturated heterocycles. The molecule has 104 valence electrons. The van der Waals surface area contributed by atoms with E-state index < -0.39 is 17.9 Å². The molecule has 0 aromatic rings. The molecule has 0 aromatic heterocycles. The van der Waals surface area contributed by atoms with Crippen LogP contribution >= 0.6 is 0 Å². The molecular weight excluding hydrogens is 238 g/mol. The van der Waals surface area contributed by atoms with E-state index in [0.717, 1.165) is 6.42 Å². The molecule has 18 heavy (non-hydrogen) atoms. The van der Waals surface area contributed by atoms with Gasteiger partial charge in [-0.1, -0.05) is 13.3 Å². The van der Waals surface area contributed by atoms with Gasteiger partial charge >= 0.3 is 5.97 Å². The maximum atomic E-state index is 11.6. The summed E-state index contributed by atoms with van der Waals surface area (Å²) < 4.78 is 0. The fourth-order valence-corrected chi connectivity index (χ4v) is 1.45. The molecule has 7 nitrogen and oxygen atoms in total. The second-order valence-corrected chi connectivity index (χ2v) is 4.18. The molecule has 0 aromatic carbocycles. The molecule has 6 N–H and O–H groups in total. The van der Waals surface area contributed by atoms with E-state index in [1.807, 2.05) is 6.92 Å². The lowest BCUT2D eigenvalue weighted by Crippen LogP contribution is -2.42. The van der Waals surface area contributed by atoms with E-state index >= 15 is 0 Å². The van der Waals surface area contributed by atoms with Crippen molar-refractivity contribution in [2.75, 3.05) is 6.54 Å². The van der Waals surface area contributed by atoms with Crippen molar-refractivity contribution in [3.8, 4) is 0 Å². The van der Waals surface area contributed by atoms with Gasteiger partial charge in [0.1, 0.15) is 6.04 Å². The molecule has 0 fully saturated rings. The highest BCUT2D eigenvalue weighted by Gasteiger charge is 2.21. The number of primary amides is 1. The van der Waals surface area contributed by atoms with Gasteiger partial charge in [-0.05, 0) is 18.9 Å². The number of carbonyl (C=O) groups excluding carboxylic acids is 2. The van der Waals surface area contributed by atoms with Crippen LogP contribution in [-0.2, 0) is 14.4 Å². The molecule has 2 amide bonds. The van der Waals surface area contributed by atoms with Crippen LogP contribution in [0.3, 0.4) is 0 Å². The van der Waals surface area contributed by atoms with Crippen LogP contribution in [0.4, 0.5) is 0 Å². The Bertz CT molecular complexity index is 303. The van der Waals surface area contributed by atoms with Crippen molar-refractivity contribution in [1.29, 1.82) is 0 Å². The number of nitrogens with two attached hydrogens (primary N) is 2. The normalized spacial score (nSPS) is 13.7. The van der Waals surface area contributed by atoms with E-state index in [-0.39, 0.29) is 31.1 Å². The second-order valence-electron chi connectivity index (χ2n) is 4.18. The van der Waals surface area contributed by atoms with Gasteiger partial charge < -0.3 is 21.9 Å². The molecule has 1 unspecified atom stereocenters. The van der Waals surface area contributed by atoms with Crippen LogP contribution in [0, 0.1) is 5.92 Å². The fourth-order valence-electron chi connectivity index (χ4n) is 1.45. The first-order chi connectivity index (χ1) is 8.40. The van der Waals surface area contributed by atoms with Crippen molar-refractivity contribution in [2.24, 2.45) is 17.4 Å². The summed E-state index contributed by atoms with van der Waals surface area (Å²) in [5.41, 5.74) is 10.4. The molecule has 0 spiro atoms. The Morgan fingerprint density at radius 1 is 1.33 bits per heavy atom. The first kappa shape index (κ1) is 16.4. The molecular formula is C11H21N3O4. The van der Waals surface area contributed by atoms with Crippen molar-refractivity contribution in [3.05, 3.63) is 0 Å². The van der Waals surface area contributed by atoms with Gasteiger partial charge in [-0.2, -0.15) is 0 Å². The Morgan fingerprint density at radius 2 is 1.94 bits per heavy atom. The summed E-state index contributed by atoms with van der Waals surface area (Å²) in [6.07, 6.45) is 0.859. The third-order valence-corrected chi connectivity index (χ3v) is 2.70. The number of hydrogen-bond donors (Lipinski definition) is 4. The Labute approximate surface area is 106 Å². The third-order valence-electron chi connectivity index (χ3n) is 2.70. The van der Waals surface area contributed by atoms with Gasteiger partial charge in [0.25, 0.3) is 0 Å². The van der Waals surface area contributed by atoms with Gasteiger partial charge in [0.05, 0.1) is 0 Å². The highest BCUT2D eigenvalue weighted by atomic mass is 16.4. The quantitative estimate of drug-likeness (QED) is 0.429. The molecule has 0 aliphatic carbocycles. The standard InChI is InChI=1S/C11H21N3O4/c1-2-7(6-12)5-10(16)14-8(11(17)18)3-4-9(13)15/h7-8H,2-6,12H2,1H3,(H2,13,15)(H,14,16)(H,17,18)/t7?,8-/m0/s1. The SMILES string of the molecule is CCC(CN)CC(=O)N[C@@H](CCC(N)=O)C(=O)O. The molecule has 0 aliphatic heterocycles. The average molecular weight is 259 g/mol. The van der Waals surface area contributed by atoms with Crippen molar-refractivity contribution >= 4 is 17.8 Å². The number of carbonyl (C=O) groups is 3. The topological polar surface area (TPSA) is 136 Å². The van der Waals surface area contributed by atoms with Crippen LogP contribution in [0.25, 0.3) is 0 Å². The van der Waals surface area contributed by atoms with Crippen molar-refractivity contribution in [1.82, 2.24) is 5.32 Å². The van der Waals surface area contributed by atoms with Gasteiger partial charge in [0, 0.05) is 12.8 Å². The number of carboxylic acids is 1. The molecule has 0 radical (unpaired) electrons. The molecule has 7 heteroatoms. The zero-order valence-corrected chi connectivity index (χ0v) is 10.5. The summed E-state index contributed by atoms with van der Waals surface area (Å²) in [4.78, 5) is 33.0. The lowest BCUT2D eigenvalue weighted by molar-refractivity contribution is -0.142. The molecule has 0 rings (SSSR count). The number of hydrogen-bond acceptors (Lipinski definition) is 4. The van der Waals surface area contributed by atoms with E-state index in [1.165, 1.54) is 0 Å². The smallest absolute Gasteiger partial charge is 0.326 e.